The molecule has 194 valence electrons. The van der Waals surface area contributed by atoms with Gasteiger partial charge in [-0.1, -0.05) is 54.1 Å². The summed E-state index contributed by atoms with van der Waals surface area (Å²) in [7, 11) is 1.59. The lowest BCUT2D eigenvalue weighted by Gasteiger charge is -2.36. The number of carbonyl (C=O) groups excluding carboxylic acids is 1. The van der Waals surface area contributed by atoms with Crippen molar-refractivity contribution in [2.45, 2.75) is 20.0 Å². The maximum atomic E-state index is 13.2. The van der Waals surface area contributed by atoms with E-state index in [1.54, 1.807) is 30.2 Å². The molecule has 38 heavy (non-hydrogen) atoms. The molecule has 0 unspecified atom stereocenters. The molecule has 1 heterocycles. The molecule has 1 aliphatic rings. The summed E-state index contributed by atoms with van der Waals surface area (Å²) in [5.41, 5.74) is 5.06. The molecule has 0 radical (unpaired) electrons. The average Bonchev–Trinajstić information content (AvgIpc) is 2.96. The normalized spacial score (nSPS) is 13.6. The average molecular weight is 508 g/mol. The molecule has 4 rings (SSSR count). The molecule has 0 aromatic heterocycles. The minimum atomic E-state index is -0.260. The maximum Gasteiger partial charge on any atom is 0.264 e. The van der Waals surface area contributed by atoms with Crippen molar-refractivity contribution in [1.29, 1.82) is 5.26 Å². The molecule has 3 aromatic carbocycles. The van der Waals surface area contributed by atoms with Gasteiger partial charge in [0.15, 0.2) is 11.5 Å². The molecule has 1 saturated heterocycles. The van der Waals surface area contributed by atoms with Crippen molar-refractivity contribution in [3.8, 4) is 17.6 Å². The number of hydrogen-bond donors (Lipinski definition) is 0. The van der Waals surface area contributed by atoms with Crippen LogP contribution in [0, 0.1) is 18.3 Å². The fourth-order valence-electron chi connectivity index (χ4n) is 4.51. The van der Waals surface area contributed by atoms with E-state index >= 15 is 0 Å². The zero-order valence-corrected chi connectivity index (χ0v) is 22.0. The number of para-hydroxylation sites is 1. The number of benzene rings is 3. The van der Waals surface area contributed by atoms with Crippen molar-refractivity contribution >= 4 is 17.7 Å². The van der Waals surface area contributed by atoms with E-state index in [9.17, 15) is 10.1 Å². The minimum Gasteiger partial charge on any atom is -0.493 e. The van der Waals surface area contributed by atoms with Gasteiger partial charge in [0, 0.05) is 37.4 Å². The summed E-state index contributed by atoms with van der Waals surface area (Å²) in [5.74, 6) is 0.917. The van der Waals surface area contributed by atoms with E-state index in [1.807, 2.05) is 43.3 Å². The predicted octanol–water partition coefficient (Wildman–Crippen LogP) is 5.57. The van der Waals surface area contributed by atoms with Crippen LogP contribution in [-0.4, -0.2) is 44.1 Å². The van der Waals surface area contributed by atoms with Crippen LogP contribution in [0.2, 0.25) is 0 Å². The highest BCUT2D eigenvalue weighted by atomic mass is 16.5. The molecule has 1 fully saturated rings. The standard InChI is InChI=1S/C32H33N3O3/c1-4-8-27-19-26(21-30(37-3)31(27)38-23-25-13-11-24(2)12-14-25)20-28(22-33)32(36)35-17-15-34(16-18-35)29-9-6-5-7-10-29/h4-7,9-14,19-21H,1,8,15-18,23H2,2-3H3/b28-20-. The summed E-state index contributed by atoms with van der Waals surface area (Å²) in [5, 5.41) is 9.85. The maximum absolute atomic E-state index is 13.2. The Balaban J connectivity index is 1.52. The van der Waals surface area contributed by atoms with E-state index in [2.05, 4.69) is 41.8 Å². The molecule has 0 atom stereocenters. The molecule has 0 spiro atoms. The number of piperazine rings is 1. The van der Waals surface area contributed by atoms with Gasteiger partial charge in [0.1, 0.15) is 18.2 Å². The van der Waals surface area contributed by atoms with Crippen molar-refractivity contribution in [3.05, 3.63) is 107 Å². The summed E-state index contributed by atoms with van der Waals surface area (Å²) in [4.78, 5) is 17.2. The van der Waals surface area contributed by atoms with E-state index in [0.29, 0.717) is 43.2 Å². The van der Waals surface area contributed by atoms with Gasteiger partial charge >= 0.3 is 0 Å². The Bertz CT molecular complexity index is 1330. The van der Waals surface area contributed by atoms with Gasteiger partial charge in [-0.05, 0) is 54.8 Å². The Morgan fingerprint density at radius 3 is 2.39 bits per heavy atom. The van der Waals surface area contributed by atoms with Gasteiger partial charge in [-0.25, -0.2) is 0 Å². The Labute approximate surface area is 225 Å². The van der Waals surface area contributed by atoms with Crippen molar-refractivity contribution in [3.63, 3.8) is 0 Å². The molecule has 1 amide bonds. The number of aryl methyl sites for hydroxylation is 1. The minimum absolute atomic E-state index is 0.0955. The molecular formula is C32H33N3O3. The Morgan fingerprint density at radius 2 is 1.76 bits per heavy atom. The number of hydrogen-bond acceptors (Lipinski definition) is 5. The summed E-state index contributed by atoms with van der Waals surface area (Å²) in [6.45, 7) is 8.88. The Morgan fingerprint density at radius 1 is 1.05 bits per heavy atom. The van der Waals surface area contributed by atoms with Gasteiger partial charge in [0.05, 0.1) is 7.11 Å². The van der Waals surface area contributed by atoms with Crippen LogP contribution in [0.25, 0.3) is 6.08 Å². The quantitative estimate of drug-likeness (QED) is 0.215. The second-order valence-electron chi connectivity index (χ2n) is 9.26. The Kier molecular flexibility index (Phi) is 8.84. The smallest absolute Gasteiger partial charge is 0.264 e. The van der Waals surface area contributed by atoms with Crippen LogP contribution >= 0.6 is 0 Å². The highest BCUT2D eigenvalue weighted by molar-refractivity contribution is 6.02. The molecule has 6 nitrogen and oxygen atoms in total. The summed E-state index contributed by atoms with van der Waals surface area (Å²) >= 11 is 0. The fourth-order valence-corrected chi connectivity index (χ4v) is 4.51. The number of amides is 1. The van der Waals surface area contributed by atoms with E-state index in [0.717, 1.165) is 29.9 Å². The number of nitrogens with zero attached hydrogens (tertiary/aromatic N) is 3. The van der Waals surface area contributed by atoms with E-state index in [-0.39, 0.29) is 11.5 Å². The molecule has 1 aliphatic heterocycles. The lowest BCUT2D eigenvalue weighted by molar-refractivity contribution is -0.126. The fraction of sp³-hybridized carbons (Fsp3) is 0.250. The molecular weight excluding hydrogens is 474 g/mol. The lowest BCUT2D eigenvalue weighted by Crippen LogP contribution is -2.49. The molecule has 0 aliphatic carbocycles. The zero-order chi connectivity index (χ0) is 26.9. The SMILES string of the molecule is C=CCc1cc(/C=C(/C#N)C(=O)N2CCN(c3ccccc3)CC2)cc(OC)c1OCc1ccc(C)cc1. The van der Waals surface area contributed by atoms with Crippen molar-refractivity contribution < 1.29 is 14.3 Å². The first-order valence-corrected chi connectivity index (χ1v) is 12.7. The van der Waals surface area contributed by atoms with Gasteiger partial charge in [-0.2, -0.15) is 5.26 Å². The van der Waals surface area contributed by atoms with E-state index in [4.69, 9.17) is 9.47 Å². The lowest BCUT2D eigenvalue weighted by atomic mass is 10.0. The first-order chi connectivity index (χ1) is 18.5. The Hall–Kier alpha value is -4.50. The first kappa shape index (κ1) is 26.6. The highest BCUT2D eigenvalue weighted by Gasteiger charge is 2.24. The predicted molar refractivity (Wildman–Crippen MR) is 151 cm³/mol. The van der Waals surface area contributed by atoms with Crippen LogP contribution in [-0.2, 0) is 17.8 Å². The first-order valence-electron chi connectivity index (χ1n) is 12.7. The van der Waals surface area contributed by atoms with Crippen molar-refractivity contribution in [2.24, 2.45) is 0 Å². The molecule has 0 bridgehead atoms. The molecule has 6 heteroatoms. The molecule has 0 N–H and O–H groups in total. The number of anilines is 1. The number of rotatable bonds is 9. The third-order valence-electron chi connectivity index (χ3n) is 6.59. The summed E-state index contributed by atoms with van der Waals surface area (Å²) < 4.78 is 11.8. The van der Waals surface area contributed by atoms with Crippen LogP contribution in [0.1, 0.15) is 22.3 Å². The number of allylic oxidation sites excluding steroid dienone is 1. The highest BCUT2D eigenvalue weighted by Crippen LogP contribution is 2.35. The molecule has 0 saturated carbocycles. The van der Waals surface area contributed by atoms with Crippen LogP contribution < -0.4 is 14.4 Å². The van der Waals surface area contributed by atoms with Gasteiger partial charge in [0.2, 0.25) is 0 Å². The number of carbonyl (C=O) groups is 1. The monoisotopic (exact) mass is 507 g/mol. The van der Waals surface area contributed by atoms with Gasteiger partial charge in [0.25, 0.3) is 5.91 Å². The van der Waals surface area contributed by atoms with Crippen LogP contribution in [0.4, 0.5) is 5.69 Å². The van der Waals surface area contributed by atoms with E-state index in [1.165, 1.54) is 5.56 Å². The van der Waals surface area contributed by atoms with Crippen LogP contribution in [0.5, 0.6) is 11.5 Å². The topological polar surface area (TPSA) is 65.8 Å². The van der Waals surface area contributed by atoms with E-state index < -0.39 is 0 Å². The van der Waals surface area contributed by atoms with Crippen LogP contribution in [0.15, 0.2) is 85.0 Å². The zero-order valence-electron chi connectivity index (χ0n) is 22.0. The van der Waals surface area contributed by atoms with Crippen molar-refractivity contribution in [1.82, 2.24) is 4.90 Å². The number of nitriles is 1. The van der Waals surface area contributed by atoms with Crippen molar-refractivity contribution in [2.75, 3.05) is 38.2 Å². The summed E-state index contributed by atoms with van der Waals surface area (Å²) in [6, 6.07) is 24.2. The second-order valence-corrected chi connectivity index (χ2v) is 9.26. The van der Waals surface area contributed by atoms with Gasteiger partial charge in [-0.15, -0.1) is 6.58 Å². The molecule has 3 aromatic rings. The second kappa shape index (κ2) is 12.6. The summed E-state index contributed by atoms with van der Waals surface area (Å²) in [6.07, 6.45) is 3.98. The third kappa shape index (κ3) is 6.43. The van der Waals surface area contributed by atoms with Crippen LogP contribution in [0.3, 0.4) is 0 Å². The van der Waals surface area contributed by atoms with Gasteiger partial charge < -0.3 is 19.3 Å². The third-order valence-corrected chi connectivity index (χ3v) is 6.59. The largest absolute Gasteiger partial charge is 0.493 e. The number of ether oxygens (including phenoxy) is 2. The van der Waals surface area contributed by atoms with Gasteiger partial charge in [-0.3, -0.25) is 4.79 Å². The number of methoxy groups -OCH3 is 1.